The number of rotatable bonds is 1. The third kappa shape index (κ3) is 3.07. The van der Waals surface area contributed by atoms with Gasteiger partial charge in [0.1, 0.15) is 0 Å². The molecule has 0 N–H and O–H groups in total. The lowest BCUT2D eigenvalue weighted by molar-refractivity contribution is -0.138. The molecule has 1 amide bonds. The number of carbonyl (C=O) groups is 1. The van der Waals surface area contributed by atoms with Crippen molar-refractivity contribution in [3.8, 4) is 0 Å². The van der Waals surface area contributed by atoms with Gasteiger partial charge in [0.2, 0.25) is 0 Å². The van der Waals surface area contributed by atoms with Crippen LogP contribution in [-0.2, 0) is 6.18 Å². The van der Waals surface area contributed by atoms with Crippen molar-refractivity contribution in [2.75, 3.05) is 33.2 Å². The smallest absolute Gasteiger partial charge is 0.336 e. The molecule has 0 atom stereocenters. The van der Waals surface area contributed by atoms with Crippen LogP contribution in [0.1, 0.15) is 15.9 Å². The highest BCUT2D eigenvalue weighted by Gasteiger charge is 2.36. The van der Waals surface area contributed by atoms with E-state index >= 15 is 0 Å². The molecule has 2 rings (SSSR count). The standard InChI is InChI=1S/C13H14F3N2O/c1-17-6-8-18(9-7-17)12(19)10-4-2-3-5-11(10)13(14,15)16/h2-3,5H,6-9H2,1H3. The first-order valence-electron chi connectivity index (χ1n) is 5.95. The number of alkyl halides is 3. The number of likely N-dealkylation sites (N-methyl/N-ethyl adjacent to an activating group) is 1. The fraction of sp³-hybridized carbons (Fsp3) is 0.462. The van der Waals surface area contributed by atoms with Gasteiger partial charge in [-0.1, -0.05) is 12.1 Å². The fourth-order valence-electron chi connectivity index (χ4n) is 2.02. The number of nitrogens with zero attached hydrogens (tertiary/aromatic N) is 2. The number of piperazine rings is 1. The number of carbonyl (C=O) groups excluding carboxylic acids is 1. The van der Waals surface area contributed by atoms with E-state index in [1.165, 1.54) is 17.0 Å². The van der Waals surface area contributed by atoms with E-state index in [1.807, 2.05) is 11.9 Å². The summed E-state index contributed by atoms with van der Waals surface area (Å²) in [5.41, 5.74) is -1.31. The summed E-state index contributed by atoms with van der Waals surface area (Å²) in [5, 5.41) is 0. The Kier molecular flexibility index (Phi) is 3.80. The Hall–Kier alpha value is -1.56. The van der Waals surface area contributed by atoms with Crippen molar-refractivity contribution in [3.05, 3.63) is 35.4 Å². The van der Waals surface area contributed by atoms with E-state index in [9.17, 15) is 18.0 Å². The summed E-state index contributed by atoms with van der Waals surface area (Å²) in [6.45, 7) is 2.21. The lowest BCUT2D eigenvalue weighted by Crippen LogP contribution is -2.47. The van der Waals surface area contributed by atoms with Crippen LogP contribution in [0.15, 0.2) is 18.2 Å². The van der Waals surface area contributed by atoms with Gasteiger partial charge >= 0.3 is 6.18 Å². The molecule has 1 aliphatic heterocycles. The fourth-order valence-corrected chi connectivity index (χ4v) is 2.02. The Morgan fingerprint density at radius 1 is 1.26 bits per heavy atom. The number of benzene rings is 1. The second-order valence-corrected chi connectivity index (χ2v) is 4.55. The highest BCUT2D eigenvalue weighted by molar-refractivity contribution is 5.95. The van der Waals surface area contributed by atoms with Gasteiger partial charge in [0.05, 0.1) is 11.1 Å². The Morgan fingerprint density at radius 2 is 1.89 bits per heavy atom. The van der Waals surface area contributed by atoms with Gasteiger partial charge in [-0.25, -0.2) is 0 Å². The molecule has 0 saturated carbocycles. The third-order valence-electron chi connectivity index (χ3n) is 3.17. The minimum Gasteiger partial charge on any atom is -0.336 e. The van der Waals surface area contributed by atoms with E-state index in [0.717, 1.165) is 6.07 Å². The average molecular weight is 271 g/mol. The number of hydrogen-bond donors (Lipinski definition) is 0. The molecule has 1 fully saturated rings. The molecule has 0 unspecified atom stereocenters. The maximum atomic E-state index is 12.8. The second-order valence-electron chi connectivity index (χ2n) is 4.55. The Labute approximate surface area is 109 Å². The highest BCUT2D eigenvalue weighted by atomic mass is 19.4. The van der Waals surface area contributed by atoms with Crippen molar-refractivity contribution >= 4 is 5.91 Å². The molecule has 0 bridgehead atoms. The van der Waals surface area contributed by atoms with Gasteiger partial charge in [0.15, 0.2) is 0 Å². The van der Waals surface area contributed by atoms with Crippen LogP contribution in [0.25, 0.3) is 0 Å². The number of hydrogen-bond acceptors (Lipinski definition) is 2. The van der Waals surface area contributed by atoms with Crippen molar-refractivity contribution in [2.24, 2.45) is 0 Å². The molecule has 1 heterocycles. The summed E-state index contributed by atoms with van der Waals surface area (Å²) < 4.78 is 38.5. The summed E-state index contributed by atoms with van der Waals surface area (Å²) in [7, 11) is 1.91. The summed E-state index contributed by atoms with van der Waals surface area (Å²) in [5.74, 6) is -0.596. The lowest BCUT2D eigenvalue weighted by Gasteiger charge is -2.32. The molecule has 6 heteroatoms. The van der Waals surface area contributed by atoms with E-state index in [2.05, 4.69) is 6.07 Å². The first-order chi connectivity index (χ1) is 8.89. The van der Waals surface area contributed by atoms with Gasteiger partial charge in [0, 0.05) is 26.2 Å². The van der Waals surface area contributed by atoms with Gasteiger partial charge in [0.25, 0.3) is 5.91 Å². The first-order valence-corrected chi connectivity index (χ1v) is 5.95. The molecule has 3 nitrogen and oxygen atoms in total. The normalized spacial score (nSPS) is 17.6. The summed E-state index contributed by atoms with van der Waals surface area (Å²) in [6, 6.07) is 5.92. The monoisotopic (exact) mass is 271 g/mol. The van der Waals surface area contributed by atoms with E-state index in [4.69, 9.17) is 0 Å². The highest BCUT2D eigenvalue weighted by Crippen LogP contribution is 2.32. The minimum atomic E-state index is -4.53. The topological polar surface area (TPSA) is 23.6 Å². The van der Waals surface area contributed by atoms with E-state index in [-0.39, 0.29) is 5.56 Å². The summed E-state index contributed by atoms with van der Waals surface area (Å²) >= 11 is 0. The molecule has 19 heavy (non-hydrogen) atoms. The van der Waals surface area contributed by atoms with Crippen LogP contribution >= 0.6 is 0 Å². The predicted octanol–water partition coefficient (Wildman–Crippen LogP) is 1.89. The molecular formula is C13H14F3N2O. The molecule has 0 aliphatic carbocycles. The first kappa shape index (κ1) is 13.9. The van der Waals surface area contributed by atoms with Crippen molar-refractivity contribution in [1.82, 2.24) is 9.80 Å². The van der Waals surface area contributed by atoms with Crippen LogP contribution in [0.2, 0.25) is 0 Å². The molecule has 1 aromatic carbocycles. The minimum absolute atomic E-state index is 0.389. The maximum absolute atomic E-state index is 12.8. The molecule has 1 radical (unpaired) electrons. The second kappa shape index (κ2) is 5.21. The average Bonchev–Trinajstić information content (AvgIpc) is 2.38. The lowest BCUT2D eigenvalue weighted by atomic mass is 10.1. The largest absolute Gasteiger partial charge is 0.417 e. The maximum Gasteiger partial charge on any atom is 0.417 e. The van der Waals surface area contributed by atoms with Crippen LogP contribution in [0.3, 0.4) is 0 Å². The Balaban J connectivity index is 2.24. The van der Waals surface area contributed by atoms with Gasteiger partial charge in [-0.3, -0.25) is 4.79 Å². The van der Waals surface area contributed by atoms with Crippen LogP contribution in [-0.4, -0.2) is 48.9 Å². The van der Waals surface area contributed by atoms with Gasteiger partial charge in [-0.05, 0) is 19.2 Å². The van der Waals surface area contributed by atoms with Crippen molar-refractivity contribution in [3.63, 3.8) is 0 Å². The number of amides is 1. The zero-order chi connectivity index (χ0) is 14.0. The number of halogens is 3. The van der Waals surface area contributed by atoms with Crippen molar-refractivity contribution in [2.45, 2.75) is 6.18 Å². The third-order valence-corrected chi connectivity index (χ3v) is 3.17. The van der Waals surface area contributed by atoms with E-state index < -0.39 is 17.6 Å². The molecule has 103 valence electrons. The summed E-state index contributed by atoms with van der Waals surface area (Å²) in [4.78, 5) is 15.6. The van der Waals surface area contributed by atoms with Gasteiger partial charge in [-0.15, -0.1) is 0 Å². The van der Waals surface area contributed by atoms with Crippen molar-refractivity contribution < 1.29 is 18.0 Å². The van der Waals surface area contributed by atoms with Crippen LogP contribution in [0.5, 0.6) is 0 Å². The SMILES string of the molecule is CN1CCN(C(=O)c2[c]cccc2C(F)(F)F)CC1. The van der Waals surface area contributed by atoms with Gasteiger partial charge in [-0.2, -0.15) is 13.2 Å². The Morgan fingerprint density at radius 3 is 2.47 bits per heavy atom. The molecule has 0 spiro atoms. The molecule has 1 saturated heterocycles. The van der Waals surface area contributed by atoms with Gasteiger partial charge < -0.3 is 9.80 Å². The molecule has 0 aromatic heterocycles. The quantitative estimate of drug-likeness (QED) is 0.779. The zero-order valence-electron chi connectivity index (χ0n) is 10.5. The Bertz CT molecular complexity index is 465. The molecular weight excluding hydrogens is 257 g/mol. The van der Waals surface area contributed by atoms with Crippen LogP contribution in [0.4, 0.5) is 13.2 Å². The zero-order valence-corrected chi connectivity index (χ0v) is 10.5. The van der Waals surface area contributed by atoms with Crippen LogP contribution in [0, 0.1) is 6.07 Å². The van der Waals surface area contributed by atoms with E-state index in [0.29, 0.717) is 26.2 Å². The predicted molar refractivity (Wildman–Crippen MR) is 63.7 cm³/mol. The molecule has 1 aromatic rings. The molecule has 1 aliphatic rings. The van der Waals surface area contributed by atoms with Crippen LogP contribution < -0.4 is 0 Å². The van der Waals surface area contributed by atoms with Crippen molar-refractivity contribution in [1.29, 1.82) is 0 Å². The van der Waals surface area contributed by atoms with E-state index in [1.54, 1.807) is 0 Å². The summed E-state index contributed by atoms with van der Waals surface area (Å²) in [6.07, 6.45) is -4.53.